The number of hydrazone groups is 1. The van der Waals surface area contributed by atoms with Crippen molar-refractivity contribution < 1.29 is 27.9 Å². The van der Waals surface area contributed by atoms with E-state index in [0.717, 1.165) is 18.2 Å². The van der Waals surface area contributed by atoms with Gasteiger partial charge in [-0.15, -0.1) is 0 Å². The highest BCUT2D eigenvalue weighted by Crippen LogP contribution is 2.33. The van der Waals surface area contributed by atoms with E-state index in [2.05, 4.69) is 15.7 Å². The Morgan fingerprint density at radius 3 is 2.32 bits per heavy atom. The van der Waals surface area contributed by atoms with Gasteiger partial charge in [-0.05, 0) is 45.9 Å². The predicted molar refractivity (Wildman–Crippen MR) is 84.8 cm³/mol. The van der Waals surface area contributed by atoms with Gasteiger partial charge >= 0.3 is 6.18 Å². The molecule has 0 spiro atoms. The molecular formula is C16H18F3N3O3. The zero-order valence-corrected chi connectivity index (χ0v) is 14.1. The summed E-state index contributed by atoms with van der Waals surface area (Å²) in [6, 6.07) is 3.98. The van der Waals surface area contributed by atoms with Crippen molar-refractivity contribution in [2.75, 3.05) is 0 Å². The fourth-order valence-corrected chi connectivity index (χ4v) is 2.67. The van der Waals surface area contributed by atoms with Crippen LogP contribution in [-0.4, -0.2) is 33.7 Å². The summed E-state index contributed by atoms with van der Waals surface area (Å²) in [6.07, 6.45) is -4.55. The molecule has 0 bridgehead atoms. The van der Waals surface area contributed by atoms with Gasteiger partial charge in [-0.25, -0.2) is 5.43 Å². The van der Waals surface area contributed by atoms with E-state index in [1.165, 1.54) is 6.07 Å². The molecule has 1 amide bonds. The maximum Gasteiger partial charge on any atom is 0.416 e. The Hall–Kier alpha value is -2.42. The lowest BCUT2D eigenvalue weighted by atomic mass is 9.96. The Morgan fingerprint density at radius 2 is 1.76 bits per heavy atom. The van der Waals surface area contributed by atoms with E-state index in [9.17, 15) is 23.2 Å². The van der Waals surface area contributed by atoms with E-state index in [0.29, 0.717) is 0 Å². The number of nitrogens with one attached hydrogen (secondary N) is 1. The number of nitrogens with zero attached hydrogens (tertiary/aromatic N) is 2. The first-order valence-corrected chi connectivity index (χ1v) is 7.37. The number of ether oxygens (including phenoxy) is 1. The van der Waals surface area contributed by atoms with Crippen LogP contribution in [-0.2, 0) is 10.9 Å². The van der Waals surface area contributed by atoms with Crippen molar-refractivity contribution in [1.29, 1.82) is 0 Å². The normalized spacial score (nSPS) is 22.4. The summed E-state index contributed by atoms with van der Waals surface area (Å²) in [5.74, 6) is -0.823. The molecule has 0 aromatic heterocycles. The number of alkyl halides is 3. The second kappa shape index (κ2) is 6.14. The van der Waals surface area contributed by atoms with Crippen molar-refractivity contribution >= 4 is 17.3 Å². The fourth-order valence-electron chi connectivity index (χ4n) is 2.67. The number of benzene rings is 1. The third-order valence-electron chi connectivity index (χ3n) is 3.70. The quantitative estimate of drug-likeness (QED) is 0.630. The number of oxime groups is 1. The molecule has 136 valence electrons. The van der Waals surface area contributed by atoms with Crippen molar-refractivity contribution in [2.45, 2.75) is 45.1 Å². The van der Waals surface area contributed by atoms with Crippen LogP contribution in [0, 0.1) is 0 Å². The third kappa shape index (κ3) is 3.81. The minimum atomic E-state index is -4.55. The first kappa shape index (κ1) is 18.9. The molecule has 9 heteroatoms. The smallest absolute Gasteiger partial charge is 0.410 e. The molecule has 1 aromatic carbocycles. The largest absolute Gasteiger partial charge is 0.416 e. The Balaban J connectivity index is 2.28. The lowest BCUT2D eigenvalue weighted by molar-refractivity contribution is -0.137. The van der Waals surface area contributed by atoms with E-state index < -0.39 is 28.8 Å². The lowest BCUT2D eigenvalue weighted by Gasteiger charge is -2.21. The van der Waals surface area contributed by atoms with Gasteiger partial charge in [0.05, 0.1) is 5.56 Å². The zero-order valence-electron chi connectivity index (χ0n) is 14.1. The SMILES string of the molecule is CC1(C)OC(C)(C)C(=N/NC(=O)c2cccc(C(F)(F)F)c2)/C1=N/O. The lowest BCUT2D eigenvalue weighted by Crippen LogP contribution is -2.34. The molecule has 0 atom stereocenters. The van der Waals surface area contributed by atoms with Gasteiger partial charge < -0.3 is 9.94 Å². The number of hydrogen-bond acceptors (Lipinski definition) is 5. The second-order valence-electron chi connectivity index (χ2n) is 6.55. The third-order valence-corrected chi connectivity index (χ3v) is 3.70. The Kier molecular flexibility index (Phi) is 4.65. The minimum Gasteiger partial charge on any atom is -0.410 e. The molecule has 1 aliphatic rings. The van der Waals surface area contributed by atoms with Gasteiger partial charge in [0.1, 0.15) is 22.6 Å². The highest BCUT2D eigenvalue weighted by molar-refractivity contribution is 6.49. The summed E-state index contributed by atoms with van der Waals surface area (Å²) in [7, 11) is 0. The maximum absolute atomic E-state index is 12.7. The van der Waals surface area contributed by atoms with Gasteiger partial charge in [0, 0.05) is 5.56 Å². The molecule has 0 radical (unpaired) electrons. The minimum absolute atomic E-state index is 0.127. The van der Waals surface area contributed by atoms with Crippen molar-refractivity contribution in [3.05, 3.63) is 35.4 Å². The molecule has 2 N–H and O–H groups in total. The molecule has 2 rings (SSSR count). The first-order chi connectivity index (χ1) is 11.4. The standard InChI is InChI=1S/C16H18F3N3O3/c1-14(2)11(12(22-24)15(3,4)25-14)20-21-13(23)9-6-5-7-10(8-9)16(17,18)19/h5-8,24H,1-4H3,(H,21,23)/b20-11+,22-12-. The fraction of sp³-hybridized carbons (Fsp3) is 0.438. The van der Waals surface area contributed by atoms with E-state index in [1.54, 1.807) is 27.7 Å². The molecule has 1 fully saturated rings. The molecule has 0 aliphatic carbocycles. The van der Waals surface area contributed by atoms with Gasteiger partial charge in [-0.2, -0.15) is 18.3 Å². The van der Waals surface area contributed by atoms with Gasteiger partial charge in [-0.1, -0.05) is 11.2 Å². The number of rotatable bonds is 2. The Morgan fingerprint density at radius 1 is 1.16 bits per heavy atom. The molecule has 1 saturated heterocycles. The molecule has 1 aliphatic heterocycles. The van der Waals surface area contributed by atoms with Crippen LogP contribution in [0.4, 0.5) is 13.2 Å². The number of halogens is 3. The van der Waals surface area contributed by atoms with Crippen LogP contribution in [0.2, 0.25) is 0 Å². The summed E-state index contributed by atoms with van der Waals surface area (Å²) in [5, 5.41) is 16.3. The molecule has 1 aromatic rings. The topological polar surface area (TPSA) is 83.3 Å². The van der Waals surface area contributed by atoms with Crippen LogP contribution in [0.3, 0.4) is 0 Å². The predicted octanol–water partition coefficient (Wildman–Crippen LogP) is 3.21. The highest BCUT2D eigenvalue weighted by Gasteiger charge is 2.50. The van der Waals surface area contributed by atoms with Crippen LogP contribution < -0.4 is 5.43 Å². The first-order valence-electron chi connectivity index (χ1n) is 7.37. The summed E-state index contributed by atoms with van der Waals surface area (Å²) in [4.78, 5) is 12.1. The summed E-state index contributed by atoms with van der Waals surface area (Å²) in [5.41, 5.74) is -0.521. The van der Waals surface area contributed by atoms with Crippen LogP contribution in [0.25, 0.3) is 0 Å². The molecular weight excluding hydrogens is 339 g/mol. The number of carbonyl (C=O) groups is 1. The van der Waals surface area contributed by atoms with Crippen molar-refractivity contribution in [1.82, 2.24) is 5.43 Å². The van der Waals surface area contributed by atoms with E-state index in [4.69, 9.17) is 4.74 Å². The highest BCUT2D eigenvalue weighted by atomic mass is 19.4. The Labute approximate surface area is 142 Å². The summed E-state index contributed by atoms with van der Waals surface area (Å²) >= 11 is 0. The van der Waals surface area contributed by atoms with Crippen LogP contribution in [0.15, 0.2) is 34.5 Å². The number of hydrogen-bond donors (Lipinski definition) is 2. The van der Waals surface area contributed by atoms with Crippen LogP contribution >= 0.6 is 0 Å². The van der Waals surface area contributed by atoms with E-state index >= 15 is 0 Å². The summed E-state index contributed by atoms with van der Waals surface area (Å²) < 4.78 is 43.9. The monoisotopic (exact) mass is 357 g/mol. The van der Waals surface area contributed by atoms with Gasteiger partial charge in [0.15, 0.2) is 0 Å². The van der Waals surface area contributed by atoms with E-state index in [1.807, 2.05) is 0 Å². The molecule has 0 unspecified atom stereocenters. The van der Waals surface area contributed by atoms with Gasteiger partial charge in [-0.3, -0.25) is 4.79 Å². The van der Waals surface area contributed by atoms with Crippen LogP contribution in [0.1, 0.15) is 43.6 Å². The van der Waals surface area contributed by atoms with Gasteiger partial charge in [0.25, 0.3) is 5.91 Å². The molecule has 1 heterocycles. The Bertz CT molecular complexity index is 752. The maximum atomic E-state index is 12.7. The zero-order chi connectivity index (χ0) is 19.0. The molecule has 0 saturated carbocycles. The van der Waals surface area contributed by atoms with Crippen molar-refractivity contribution in [3.8, 4) is 0 Å². The van der Waals surface area contributed by atoms with Crippen LogP contribution in [0.5, 0.6) is 0 Å². The number of carbonyl (C=O) groups excluding carboxylic acids is 1. The number of amides is 1. The van der Waals surface area contributed by atoms with Crippen molar-refractivity contribution in [3.63, 3.8) is 0 Å². The average molecular weight is 357 g/mol. The molecule has 6 nitrogen and oxygen atoms in total. The van der Waals surface area contributed by atoms with Crippen molar-refractivity contribution in [2.24, 2.45) is 10.3 Å². The van der Waals surface area contributed by atoms with E-state index in [-0.39, 0.29) is 17.0 Å². The second-order valence-corrected chi connectivity index (χ2v) is 6.55. The molecule has 25 heavy (non-hydrogen) atoms. The average Bonchev–Trinajstić information content (AvgIpc) is 2.67. The van der Waals surface area contributed by atoms with Gasteiger partial charge in [0.2, 0.25) is 0 Å². The summed E-state index contributed by atoms with van der Waals surface area (Å²) in [6.45, 7) is 6.67.